The summed E-state index contributed by atoms with van der Waals surface area (Å²) in [5.41, 5.74) is 7.53. The molecule has 0 fully saturated rings. The summed E-state index contributed by atoms with van der Waals surface area (Å²) in [6.45, 7) is 2.23. The van der Waals surface area contributed by atoms with E-state index >= 15 is 0 Å². The standard InChI is InChI=1S/C14H19ClN4O2/c1-9(16)4-10-5-11(15)6-13(20-3)14(10)21-8-12-7-19(2)18-17-12/h5-7,9H,4,8,16H2,1-3H3. The Kier molecular flexibility index (Phi) is 5.03. The second-order valence-corrected chi connectivity index (χ2v) is 5.39. The number of nitrogens with zero attached hydrogens (tertiary/aromatic N) is 3. The molecule has 0 saturated carbocycles. The highest BCUT2D eigenvalue weighted by atomic mass is 35.5. The van der Waals surface area contributed by atoms with Crippen LogP contribution < -0.4 is 15.2 Å². The van der Waals surface area contributed by atoms with Crippen LogP contribution in [0.2, 0.25) is 5.02 Å². The third-order valence-corrected chi connectivity index (χ3v) is 3.09. The number of hydrogen-bond donors (Lipinski definition) is 1. The molecule has 21 heavy (non-hydrogen) atoms. The number of methoxy groups -OCH3 is 1. The Morgan fingerprint density at radius 2 is 2.19 bits per heavy atom. The van der Waals surface area contributed by atoms with Crippen LogP contribution in [-0.4, -0.2) is 28.1 Å². The molecule has 1 heterocycles. The highest BCUT2D eigenvalue weighted by molar-refractivity contribution is 6.30. The van der Waals surface area contributed by atoms with E-state index in [1.54, 1.807) is 31.1 Å². The van der Waals surface area contributed by atoms with E-state index in [0.29, 0.717) is 29.5 Å². The molecular weight excluding hydrogens is 292 g/mol. The van der Waals surface area contributed by atoms with Gasteiger partial charge in [0, 0.05) is 29.7 Å². The molecule has 114 valence electrons. The number of aryl methyl sites for hydroxylation is 1. The van der Waals surface area contributed by atoms with Crippen molar-refractivity contribution in [2.24, 2.45) is 12.8 Å². The Balaban J connectivity index is 2.26. The fourth-order valence-corrected chi connectivity index (χ4v) is 2.27. The van der Waals surface area contributed by atoms with Crippen molar-refractivity contribution in [1.29, 1.82) is 0 Å². The second-order valence-electron chi connectivity index (χ2n) is 4.95. The summed E-state index contributed by atoms with van der Waals surface area (Å²) in [5, 5.41) is 8.45. The van der Waals surface area contributed by atoms with Gasteiger partial charge in [0.15, 0.2) is 11.5 Å². The molecule has 1 aromatic heterocycles. The summed E-state index contributed by atoms with van der Waals surface area (Å²) in [7, 11) is 3.39. The Morgan fingerprint density at radius 1 is 1.43 bits per heavy atom. The van der Waals surface area contributed by atoms with E-state index in [1.165, 1.54) is 0 Å². The lowest BCUT2D eigenvalue weighted by molar-refractivity contribution is 0.277. The first kappa shape index (κ1) is 15.6. The lowest BCUT2D eigenvalue weighted by Gasteiger charge is -2.16. The van der Waals surface area contributed by atoms with Gasteiger partial charge in [-0.3, -0.25) is 4.68 Å². The minimum Gasteiger partial charge on any atom is -0.493 e. The van der Waals surface area contributed by atoms with Crippen molar-refractivity contribution in [2.45, 2.75) is 26.0 Å². The zero-order valence-corrected chi connectivity index (χ0v) is 13.1. The van der Waals surface area contributed by atoms with Gasteiger partial charge in [-0.25, -0.2) is 0 Å². The average Bonchev–Trinajstić information content (AvgIpc) is 2.82. The summed E-state index contributed by atoms with van der Waals surface area (Å²) >= 11 is 6.10. The Hall–Kier alpha value is -1.79. The van der Waals surface area contributed by atoms with E-state index in [2.05, 4.69) is 10.3 Å². The van der Waals surface area contributed by atoms with Crippen molar-refractivity contribution in [3.8, 4) is 11.5 Å². The molecule has 0 saturated heterocycles. The van der Waals surface area contributed by atoms with Crippen molar-refractivity contribution in [2.75, 3.05) is 7.11 Å². The molecule has 0 spiro atoms. The Morgan fingerprint density at radius 3 is 2.76 bits per heavy atom. The van der Waals surface area contributed by atoms with Crippen LogP contribution in [0.1, 0.15) is 18.2 Å². The summed E-state index contributed by atoms with van der Waals surface area (Å²) in [5.74, 6) is 1.23. The molecule has 1 atom stereocenters. The van der Waals surface area contributed by atoms with Gasteiger partial charge in [-0.15, -0.1) is 5.10 Å². The lowest BCUT2D eigenvalue weighted by atomic mass is 10.1. The van der Waals surface area contributed by atoms with Crippen molar-refractivity contribution in [1.82, 2.24) is 15.0 Å². The molecular formula is C14H19ClN4O2. The predicted octanol–water partition coefficient (Wildman–Crippen LogP) is 1.95. The zero-order valence-electron chi connectivity index (χ0n) is 12.3. The highest BCUT2D eigenvalue weighted by Gasteiger charge is 2.15. The number of halogens is 1. The lowest BCUT2D eigenvalue weighted by Crippen LogP contribution is -2.18. The van der Waals surface area contributed by atoms with Gasteiger partial charge in [-0.05, 0) is 19.4 Å². The third-order valence-electron chi connectivity index (χ3n) is 2.87. The molecule has 2 rings (SSSR count). The van der Waals surface area contributed by atoms with Crippen LogP contribution in [-0.2, 0) is 20.1 Å². The monoisotopic (exact) mass is 310 g/mol. The molecule has 6 nitrogen and oxygen atoms in total. The van der Waals surface area contributed by atoms with Gasteiger partial charge in [0.05, 0.1) is 13.3 Å². The maximum Gasteiger partial charge on any atom is 0.165 e. The van der Waals surface area contributed by atoms with E-state index in [4.69, 9.17) is 26.8 Å². The first-order valence-corrected chi connectivity index (χ1v) is 6.97. The van der Waals surface area contributed by atoms with Gasteiger partial charge >= 0.3 is 0 Å². The molecule has 1 aromatic carbocycles. The van der Waals surface area contributed by atoms with Crippen LogP contribution in [0.15, 0.2) is 18.3 Å². The first-order chi connectivity index (χ1) is 9.99. The Labute approximate surface area is 128 Å². The van der Waals surface area contributed by atoms with Gasteiger partial charge in [0.2, 0.25) is 0 Å². The second kappa shape index (κ2) is 6.78. The number of ether oxygens (including phenoxy) is 2. The van der Waals surface area contributed by atoms with Crippen molar-refractivity contribution < 1.29 is 9.47 Å². The van der Waals surface area contributed by atoms with Gasteiger partial charge in [0.1, 0.15) is 12.3 Å². The molecule has 0 aliphatic heterocycles. The minimum atomic E-state index is -0.00737. The summed E-state index contributed by atoms with van der Waals surface area (Å²) in [4.78, 5) is 0. The molecule has 7 heteroatoms. The summed E-state index contributed by atoms with van der Waals surface area (Å²) in [6, 6.07) is 3.56. The van der Waals surface area contributed by atoms with Crippen LogP contribution in [0, 0.1) is 0 Å². The quantitative estimate of drug-likeness (QED) is 0.882. The van der Waals surface area contributed by atoms with Crippen molar-refractivity contribution >= 4 is 11.6 Å². The Bertz CT molecular complexity index is 613. The molecule has 0 amide bonds. The van der Waals surface area contributed by atoms with E-state index in [-0.39, 0.29) is 6.04 Å². The number of nitrogens with two attached hydrogens (primary N) is 1. The average molecular weight is 311 g/mol. The maximum atomic E-state index is 6.10. The van der Waals surface area contributed by atoms with Crippen LogP contribution in [0.5, 0.6) is 11.5 Å². The molecule has 1 unspecified atom stereocenters. The van der Waals surface area contributed by atoms with Crippen LogP contribution in [0.3, 0.4) is 0 Å². The summed E-state index contributed by atoms with van der Waals surface area (Å²) in [6.07, 6.45) is 2.44. The molecule has 0 aliphatic rings. The number of benzene rings is 1. The molecule has 0 aliphatic carbocycles. The SMILES string of the molecule is COc1cc(Cl)cc(CC(C)N)c1OCc1cn(C)nn1. The predicted molar refractivity (Wildman–Crippen MR) is 80.7 cm³/mol. The van der Waals surface area contributed by atoms with Crippen LogP contribution in [0.4, 0.5) is 0 Å². The van der Waals surface area contributed by atoms with Crippen molar-refractivity contribution in [3.05, 3.63) is 34.6 Å². The van der Waals surface area contributed by atoms with Gasteiger partial charge in [-0.2, -0.15) is 0 Å². The van der Waals surface area contributed by atoms with E-state index in [9.17, 15) is 0 Å². The fourth-order valence-electron chi connectivity index (χ4n) is 2.04. The zero-order chi connectivity index (χ0) is 15.4. The number of hydrogen-bond acceptors (Lipinski definition) is 5. The maximum absolute atomic E-state index is 6.10. The molecule has 2 N–H and O–H groups in total. The number of rotatable bonds is 6. The third kappa shape index (κ3) is 4.09. The first-order valence-electron chi connectivity index (χ1n) is 6.59. The number of aromatic nitrogens is 3. The fraction of sp³-hybridized carbons (Fsp3) is 0.429. The van der Waals surface area contributed by atoms with Gasteiger partial charge < -0.3 is 15.2 Å². The van der Waals surface area contributed by atoms with Gasteiger partial charge in [-0.1, -0.05) is 16.8 Å². The van der Waals surface area contributed by atoms with E-state index in [0.717, 1.165) is 11.3 Å². The van der Waals surface area contributed by atoms with E-state index < -0.39 is 0 Å². The molecule has 0 radical (unpaired) electrons. The smallest absolute Gasteiger partial charge is 0.165 e. The normalized spacial score (nSPS) is 12.2. The van der Waals surface area contributed by atoms with Crippen LogP contribution in [0.25, 0.3) is 0 Å². The summed E-state index contributed by atoms with van der Waals surface area (Å²) < 4.78 is 12.8. The highest BCUT2D eigenvalue weighted by Crippen LogP contribution is 2.35. The van der Waals surface area contributed by atoms with Gasteiger partial charge in [0.25, 0.3) is 0 Å². The molecule has 0 bridgehead atoms. The topological polar surface area (TPSA) is 75.2 Å². The van der Waals surface area contributed by atoms with E-state index in [1.807, 2.05) is 13.0 Å². The van der Waals surface area contributed by atoms with Crippen LogP contribution >= 0.6 is 11.6 Å². The minimum absolute atomic E-state index is 0.00737. The molecule has 2 aromatic rings. The largest absolute Gasteiger partial charge is 0.493 e. The van der Waals surface area contributed by atoms with Crippen molar-refractivity contribution in [3.63, 3.8) is 0 Å².